The molecule has 3 aromatic carbocycles. The third kappa shape index (κ3) is 13.4. The van der Waals surface area contributed by atoms with E-state index in [1.54, 1.807) is 18.2 Å². The Hall–Kier alpha value is -1.44. The first-order chi connectivity index (χ1) is 32.6. The minimum absolute atomic E-state index is 0. The molecule has 4 aliphatic rings. The molecule has 1 amide bonds. The molecule has 1 heterocycles. The van der Waals surface area contributed by atoms with Crippen molar-refractivity contribution in [3.05, 3.63) is 119 Å². The van der Waals surface area contributed by atoms with E-state index in [9.17, 15) is 57.8 Å². The van der Waals surface area contributed by atoms with Crippen LogP contribution >= 0.6 is 15.6 Å². The van der Waals surface area contributed by atoms with E-state index in [0.717, 1.165) is 20.8 Å². The van der Waals surface area contributed by atoms with E-state index in [1.807, 2.05) is 0 Å². The van der Waals surface area contributed by atoms with Gasteiger partial charge in [-0.05, 0) is 54.8 Å². The molecule has 11 atom stereocenters. The van der Waals surface area contributed by atoms with Crippen LogP contribution in [0, 0.1) is 16.7 Å². The van der Waals surface area contributed by atoms with Crippen LogP contribution in [0.25, 0.3) is 0 Å². The number of carbonyl (C=O) groups excluding carboxylic acids is 6. The number of esters is 4. The summed E-state index contributed by atoms with van der Waals surface area (Å²) < 4.78 is 65.1. The van der Waals surface area contributed by atoms with Crippen LogP contribution in [0.1, 0.15) is 86.7 Å². The van der Waals surface area contributed by atoms with E-state index < -0.39 is 141 Å². The van der Waals surface area contributed by atoms with Gasteiger partial charge in [-0.2, -0.15) is 0 Å². The van der Waals surface area contributed by atoms with Gasteiger partial charge in [0.25, 0.3) is 5.91 Å². The molecule has 2 bridgehead atoms. The van der Waals surface area contributed by atoms with Gasteiger partial charge in [0.1, 0.15) is 23.9 Å². The molecule has 74 heavy (non-hydrogen) atoms. The van der Waals surface area contributed by atoms with Crippen molar-refractivity contribution in [2.75, 3.05) is 6.61 Å². The maximum absolute atomic E-state index is 15.8. The predicted molar refractivity (Wildman–Crippen MR) is 231 cm³/mol. The molecule has 0 aromatic heterocycles. The molecule has 3 fully saturated rings. The molecule has 0 spiro atoms. The summed E-state index contributed by atoms with van der Waals surface area (Å²) in [6, 6.07) is 20.3. The Morgan fingerprint density at radius 2 is 1.31 bits per heavy atom. The van der Waals surface area contributed by atoms with Gasteiger partial charge >= 0.3 is 142 Å². The Bertz CT molecular complexity index is 2690. The van der Waals surface area contributed by atoms with E-state index in [-0.39, 0.29) is 146 Å². The number of phosphoric acid groups is 2. The van der Waals surface area contributed by atoms with Crippen LogP contribution in [-0.2, 0) is 61.0 Å². The molecule has 1 saturated heterocycles. The van der Waals surface area contributed by atoms with Gasteiger partial charge < -0.3 is 71.9 Å². The van der Waals surface area contributed by atoms with Gasteiger partial charge in [-0.3, -0.25) is 19.2 Å². The van der Waals surface area contributed by atoms with Crippen LogP contribution in [0.15, 0.2) is 102 Å². The number of hydrogen-bond donors (Lipinski definition) is 2. The van der Waals surface area contributed by atoms with Crippen LogP contribution in [0.5, 0.6) is 0 Å². The topological polar surface area (TPSA) is 326 Å². The molecule has 2 saturated carbocycles. The molecule has 27 heteroatoms. The first-order valence-electron chi connectivity index (χ1n) is 21.9. The number of amides is 1. The number of fused-ring (bicyclic) bond motifs is 5. The quantitative estimate of drug-likeness (QED) is 0.0498. The van der Waals surface area contributed by atoms with E-state index in [0.29, 0.717) is 0 Å². The monoisotopic (exact) mass is 1100 g/mol. The molecule has 0 radical (unpaired) electrons. The van der Waals surface area contributed by atoms with Crippen molar-refractivity contribution in [2.24, 2.45) is 16.7 Å². The maximum atomic E-state index is 15.8. The number of Topliss-reactive ketones (excluding diaryl/α,β-unsaturated/α-hetero) is 1. The first-order valence-corrected chi connectivity index (χ1v) is 24.8. The summed E-state index contributed by atoms with van der Waals surface area (Å²) >= 11 is 0. The van der Waals surface area contributed by atoms with Crippen LogP contribution in [-0.4, -0.2) is 95.1 Å². The zero-order valence-electron chi connectivity index (χ0n) is 42.5. The Balaban J connectivity index is 0.00000361. The minimum Gasteiger partial charge on any atom is -0.790 e. The summed E-state index contributed by atoms with van der Waals surface area (Å²) in [6.07, 6.45) is -13.6. The fourth-order valence-corrected chi connectivity index (χ4v) is 11.8. The van der Waals surface area contributed by atoms with E-state index in [2.05, 4.69) is 5.32 Å². The van der Waals surface area contributed by atoms with Crippen LogP contribution < -0.4 is 143 Å². The van der Waals surface area contributed by atoms with Gasteiger partial charge in [-0.1, -0.05) is 80.6 Å². The number of benzene rings is 3. The Morgan fingerprint density at radius 3 is 1.80 bits per heavy atom. The molecule has 1 aliphatic heterocycles. The van der Waals surface area contributed by atoms with Gasteiger partial charge in [-0.15, -0.1) is 0 Å². The summed E-state index contributed by atoms with van der Waals surface area (Å²) in [7, 11) is -12.2. The fraction of sp³-hybridized carbons (Fsp3) is 0.447. The Kier molecular flexibility index (Phi) is 23.3. The molecule has 3 aliphatic carbocycles. The SMILES string of the molecule is CC(=O)O[C@H]1C(=O)[C@]2(C)[C@@H](OP(=O)([O-])[O-])C[C@H]3OC[C@@]3(OC(C)=O)[C@H]2[C@H](OC(=O)c2ccccc2)[C@]2(O)C[C@H](OC(=O)[C@H](OP(=O)([O-])[O-])[C@@H](NC(=O)c3ccccc3)c3ccccc3)C(C)=C1C2(C)C.[Na+].[Na+].[Na+].[Na+]. The number of hydrogen-bond acceptors (Lipinski definition) is 20. The average molecular weight is 1100 g/mol. The van der Waals surface area contributed by atoms with Gasteiger partial charge in [0.15, 0.2) is 23.6 Å². The number of ketones is 1. The van der Waals surface area contributed by atoms with Crippen LogP contribution in [0.4, 0.5) is 0 Å². The van der Waals surface area contributed by atoms with Crippen molar-refractivity contribution >= 4 is 51.2 Å². The number of ether oxygens (including phenoxy) is 5. The second kappa shape index (κ2) is 25.8. The zero-order valence-corrected chi connectivity index (χ0v) is 52.3. The minimum atomic E-state index is -6.16. The normalized spacial score (nSPS) is 28.4. The van der Waals surface area contributed by atoms with E-state index >= 15 is 4.79 Å². The zero-order chi connectivity index (χ0) is 51.4. The largest absolute Gasteiger partial charge is 1.00 e. The Morgan fingerprint density at radius 1 is 0.770 bits per heavy atom. The molecule has 3 aromatic rings. The standard InChI is InChI=1S/C47H53NO20P2.4Na/c1-25-31(64-43(54)37(68-70(59,60)61)35(28-16-10-7-11-17-28)48-41(52)29-18-12-8-13-19-29)23-47(55)40(65-42(53)30-20-14-9-15-21-30)38-45(6,39(51)36(63-26(2)49)34(25)44(47,4)5)32(67-69(56,57)58)22-33-46(38,24-62-33)66-27(3)50;;;;/h7-21,31-33,35-38,40,55H,22-24H2,1-6H3,(H,48,52)(H2,56,57,58)(H2,59,60,61);;;;/q;4*+1/p-4/t31-,32-,33+,35-,36+,37+,38-,40-,45+,46-,47+;;;;/m0..../s1. The van der Waals surface area contributed by atoms with Crippen molar-refractivity contribution in [3.8, 4) is 0 Å². The average Bonchev–Trinajstić information content (AvgIpc) is 3.28. The molecule has 7 rings (SSSR count). The fourth-order valence-electron chi connectivity index (χ4n) is 10.7. The van der Waals surface area contributed by atoms with Gasteiger partial charge in [0.05, 0.1) is 51.3 Å². The van der Waals surface area contributed by atoms with E-state index in [1.165, 1.54) is 93.6 Å². The Labute approximate surface area is 514 Å². The molecule has 0 unspecified atom stereocenters. The van der Waals surface area contributed by atoms with Gasteiger partial charge in [-0.25, -0.2) is 9.59 Å². The summed E-state index contributed by atoms with van der Waals surface area (Å²) in [5.74, 6) is -8.84. The van der Waals surface area contributed by atoms with Crippen molar-refractivity contribution < 1.29 is 214 Å². The van der Waals surface area contributed by atoms with E-state index in [4.69, 9.17) is 32.7 Å². The summed E-state index contributed by atoms with van der Waals surface area (Å²) in [5.41, 5.74) is -9.73. The number of aliphatic hydroxyl groups is 1. The smallest absolute Gasteiger partial charge is 0.790 e. The third-order valence-electron chi connectivity index (χ3n) is 13.9. The third-order valence-corrected chi connectivity index (χ3v) is 14.9. The second-order valence-corrected chi connectivity index (χ2v) is 20.6. The number of rotatable bonds is 14. The maximum Gasteiger partial charge on any atom is 1.00 e. The summed E-state index contributed by atoms with van der Waals surface area (Å²) in [4.78, 5) is 135. The van der Waals surface area contributed by atoms with Crippen LogP contribution in [0.3, 0.4) is 0 Å². The number of nitrogens with one attached hydrogen (secondary N) is 1. The number of phosphoric ester groups is 2. The molecule has 2 N–H and O–H groups in total. The second-order valence-electron chi connectivity index (χ2n) is 18.4. The van der Waals surface area contributed by atoms with Crippen LogP contribution in [0.2, 0.25) is 0 Å². The van der Waals surface area contributed by atoms with Crippen molar-refractivity contribution in [1.82, 2.24) is 5.32 Å². The number of carbonyl (C=O) groups is 6. The molecule has 376 valence electrons. The summed E-state index contributed by atoms with van der Waals surface area (Å²) in [5, 5.41) is 16.4. The van der Waals surface area contributed by atoms with Crippen molar-refractivity contribution in [3.63, 3.8) is 0 Å². The molecular formula is C47H49NNa4O20P2. The van der Waals surface area contributed by atoms with Gasteiger partial charge in [0.2, 0.25) is 0 Å². The van der Waals surface area contributed by atoms with Crippen molar-refractivity contribution in [2.45, 2.75) is 108 Å². The summed E-state index contributed by atoms with van der Waals surface area (Å²) in [6.45, 7) is 6.59. The molecular weight excluding hydrogens is 1050 g/mol. The van der Waals surface area contributed by atoms with Gasteiger partial charge in [0, 0.05) is 37.7 Å². The predicted octanol–water partition coefficient (Wildman–Crippen LogP) is -10.5. The first kappa shape index (κ1) is 66.8. The van der Waals surface area contributed by atoms with Crippen molar-refractivity contribution in [1.29, 1.82) is 0 Å². The molecule has 21 nitrogen and oxygen atoms in total.